The Morgan fingerprint density at radius 2 is 0.727 bits per heavy atom. The van der Waals surface area contributed by atoms with E-state index in [0.29, 0.717) is 22.0 Å². The molecule has 0 saturated carbocycles. The second-order valence-electron chi connectivity index (χ2n) is 34.1. The van der Waals surface area contributed by atoms with Gasteiger partial charge in [-0.25, -0.2) is 0 Å². The number of aryl methyl sites for hydroxylation is 3. The van der Waals surface area contributed by atoms with Crippen LogP contribution in [-0.4, -0.2) is 119 Å². The molecule has 0 fully saturated rings. The van der Waals surface area contributed by atoms with Crippen LogP contribution in [0.15, 0.2) is 301 Å². The maximum absolute atomic E-state index is 14.2. The number of alkyl halides is 12. The molecule has 7 atom stereocenters. The number of carbonyl (C=O) groups is 4. The Morgan fingerprint density at radius 1 is 0.392 bits per heavy atom. The number of ether oxygens (including phenoxy) is 3. The number of aromatic hydroxyl groups is 1. The first-order valence-corrected chi connectivity index (χ1v) is 47.7. The van der Waals surface area contributed by atoms with E-state index >= 15 is 0 Å². The molecule has 5 aliphatic rings. The minimum Gasteiger partial charge on any atom is -0.502 e. The van der Waals surface area contributed by atoms with Gasteiger partial charge in [-0.1, -0.05) is 200 Å². The highest BCUT2D eigenvalue weighted by Crippen LogP contribution is 2.49. The number of amides is 4. The van der Waals surface area contributed by atoms with Crippen molar-refractivity contribution in [3.05, 3.63) is 415 Å². The number of nitrogens with zero attached hydrogens (tertiary/aromatic N) is 8. The normalized spacial score (nSPS) is 16.1. The smallest absolute Gasteiger partial charge is 0.408 e. The van der Waals surface area contributed by atoms with Crippen molar-refractivity contribution in [1.29, 1.82) is 0 Å². The second-order valence-corrected chi connectivity index (χ2v) is 37.2. The maximum atomic E-state index is 14.2. The number of carbonyl (C=O) groups excluding carboxylic acids is 4. The molecule has 9 heterocycles. The van der Waals surface area contributed by atoms with Gasteiger partial charge in [0.25, 0.3) is 23.6 Å². The van der Waals surface area contributed by atoms with E-state index in [4.69, 9.17) is 20.1 Å². The van der Waals surface area contributed by atoms with Crippen LogP contribution in [0.5, 0.6) is 23.0 Å². The first-order valence-electron chi connectivity index (χ1n) is 44.8. The molecule has 0 saturated heterocycles. The quantitative estimate of drug-likeness (QED) is 0.0371. The van der Waals surface area contributed by atoms with Crippen LogP contribution in [0.2, 0.25) is 0 Å². The van der Waals surface area contributed by atoms with Crippen LogP contribution in [0.1, 0.15) is 171 Å². The Labute approximate surface area is 823 Å². The number of hydrogen-bond acceptors (Lipinski definition) is 19. The Balaban J connectivity index is 0.000000146. The van der Waals surface area contributed by atoms with Crippen LogP contribution < -0.4 is 67.8 Å². The van der Waals surface area contributed by atoms with Crippen molar-refractivity contribution in [3.8, 4) is 23.0 Å². The number of nitrogens with two attached hydrogens (primary N) is 1. The monoisotopic (exact) mass is 2030 g/mol. The average Bonchev–Trinajstić information content (AvgIpc) is 1.69. The number of nitrogen functional groups attached to an aromatic ring is 1. The molecular formula is C104H94F12N12O12S3. The van der Waals surface area contributed by atoms with E-state index in [-0.39, 0.29) is 49.4 Å². The molecule has 1 unspecified atom stereocenters. The molecule has 0 radical (unpaired) electrons. The van der Waals surface area contributed by atoms with E-state index in [9.17, 15) is 96.1 Å². The number of hydrogen-bond donors (Lipinski definition) is 5. The number of aromatic nitrogens is 4. The van der Waals surface area contributed by atoms with Crippen molar-refractivity contribution in [2.24, 2.45) is 0 Å². The van der Waals surface area contributed by atoms with E-state index in [0.717, 1.165) is 154 Å². The Morgan fingerprint density at radius 3 is 1.16 bits per heavy atom. The summed E-state index contributed by atoms with van der Waals surface area (Å²) < 4.78 is 184. The van der Waals surface area contributed by atoms with Crippen LogP contribution in [0, 0.1) is 20.8 Å². The summed E-state index contributed by atoms with van der Waals surface area (Å²) in [6.45, 7) is 8.64. The Kier molecular flexibility index (Phi) is 30.9. The third kappa shape index (κ3) is 22.4. The number of benzene rings is 9. The van der Waals surface area contributed by atoms with E-state index in [1.807, 2.05) is 178 Å². The second kappa shape index (κ2) is 43.0. The molecule has 13 aromatic rings. The molecular weight excluding hydrogens is 1930 g/mol. The lowest BCUT2D eigenvalue weighted by Gasteiger charge is -2.46. The number of rotatable bonds is 19. The van der Waals surface area contributed by atoms with Gasteiger partial charge in [0.15, 0.2) is 45.8 Å². The van der Waals surface area contributed by atoms with Crippen LogP contribution in [0.3, 0.4) is 0 Å². The molecule has 39 heteroatoms. The van der Waals surface area contributed by atoms with Crippen LogP contribution in [0.25, 0.3) is 0 Å². The Hall–Kier alpha value is -14.7. The molecule has 5 aliphatic heterocycles. The lowest BCUT2D eigenvalue weighted by Crippen LogP contribution is -2.60. The zero-order valence-corrected chi connectivity index (χ0v) is 79.9. The van der Waals surface area contributed by atoms with Crippen molar-refractivity contribution >= 4 is 58.9 Å². The molecule has 143 heavy (non-hydrogen) atoms. The summed E-state index contributed by atoms with van der Waals surface area (Å²) in [4.78, 5) is 108. The summed E-state index contributed by atoms with van der Waals surface area (Å²) >= 11 is 4.99. The molecule has 744 valence electrons. The third-order valence-corrected chi connectivity index (χ3v) is 28.2. The minimum absolute atomic E-state index is 0.0277. The number of fused-ring (bicyclic) bond motifs is 8. The van der Waals surface area contributed by atoms with Gasteiger partial charge in [-0.15, -0.1) is 35.3 Å². The summed E-state index contributed by atoms with van der Waals surface area (Å²) in [5.74, 6) is 1.54. The van der Waals surface area contributed by atoms with Gasteiger partial charge in [0.2, 0.25) is 21.7 Å². The fourth-order valence-corrected chi connectivity index (χ4v) is 20.6. The highest BCUT2D eigenvalue weighted by Gasteiger charge is 2.51. The summed E-state index contributed by atoms with van der Waals surface area (Å²) in [5.41, 5.74) is 13.2. The molecule has 9 aromatic carbocycles. The van der Waals surface area contributed by atoms with Gasteiger partial charge in [0.1, 0.15) is 57.3 Å². The predicted molar refractivity (Wildman–Crippen MR) is 519 cm³/mol. The summed E-state index contributed by atoms with van der Waals surface area (Å²) in [5, 5.41) is 17.6. The van der Waals surface area contributed by atoms with Gasteiger partial charge in [0.05, 0.1) is 18.1 Å². The van der Waals surface area contributed by atoms with Crippen molar-refractivity contribution in [2.45, 2.75) is 167 Å². The largest absolute Gasteiger partial charge is 0.502 e. The van der Waals surface area contributed by atoms with E-state index in [1.165, 1.54) is 44.8 Å². The molecule has 0 bridgehead atoms. The molecule has 18 rings (SSSR count). The van der Waals surface area contributed by atoms with Crippen LogP contribution in [-0.2, 0) is 37.1 Å². The van der Waals surface area contributed by atoms with Gasteiger partial charge in [-0.05, 0) is 150 Å². The molecule has 4 amide bonds. The van der Waals surface area contributed by atoms with E-state index in [1.54, 1.807) is 117 Å². The molecule has 6 N–H and O–H groups in total. The fourth-order valence-electron chi connectivity index (χ4n) is 16.9. The molecule has 24 nitrogen and oxygen atoms in total. The van der Waals surface area contributed by atoms with E-state index < -0.39 is 142 Å². The topological polar surface area (TPSA) is 279 Å². The van der Waals surface area contributed by atoms with Crippen molar-refractivity contribution in [1.82, 2.24) is 39.1 Å². The molecule has 4 aromatic heterocycles. The molecule has 0 aliphatic carbocycles. The first kappa shape index (κ1) is 103. The van der Waals surface area contributed by atoms with Gasteiger partial charge < -0.3 is 51.0 Å². The van der Waals surface area contributed by atoms with Gasteiger partial charge in [-0.2, -0.15) is 52.7 Å². The summed E-state index contributed by atoms with van der Waals surface area (Å²) in [6, 6.07) is 62.4. The van der Waals surface area contributed by atoms with Gasteiger partial charge in [-0.3, -0.25) is 67.1 Å². The first-order chi connectivity index (χ1) is 68.1. The third-order valence-electron chi connectivity index (χ3n) is 24.8. The van der Waals surface area contributed by atoms with Crippen molar-refractivity contribution < 1.29 is 91.2 Å². The lowest BCUT2D eigenvalue weighted by molar-refractivity contribution is -0.173. The summed E-state index contributed by atoms with van der Waals surface area (Å²) in [6.07, 6.45) is -13.5. The summed E-state index contributed by atoms with van der Waals surface area (Å²) in [7, 11) is 0. The molecule has 0 spiro atoms. The van der Waals surface area contributed by atoms with E-state index in [2.05, 4.69) is 5.43 Å². The van der Waals surface area contributed by atoms with Crippen molar-refractivity contribution in [2.75, 3.05) is 34.6 Å². The van der Waals surface area contributed by atoms with Crippen LogP contribution in [0.4, 0.5) is 52.7 Å². The fraction of sp³-hybridized carbons (Fsp3) is 0.250. The Bertz CT molecular complexity index is 7180. The number of thioether (sulfide) groups is 3. The predicted octanol–water partition coefficient (Wildman–Crippen LogP) is 19.2. The maximum Gasteiger partial charge on any atom is 0.408 e. The highest BCUT2D eigenvalue weighted by atomic mass is 32.2. The zero-order chi connectivity index (χ0) is 102. The zero-order valence-electron chi connectivity index (χ0n) is 77.5. The number of pyridine rings is 4. The number of halogens is 12. The van der Waals surface area contributed by atoms with Gasteiger partial charge in [0, 0.05) is 81.0 Å². The standard InChI is InChI=1S/C32H28F3N3O3S.C31H28F3N3O3S.C25H22F3N3O3S.C16H16F3N3O3/c1-20-9-8-13-23-25(20)18-42-27-14-7-6-12-24(27)28(23)38-19-36(21(2)32(33,34)35)31(40)29-30(26(39)15-16-37(29)38)41-17-22-10-4-3-5-11-22;1-19-9-8-13-22-24(19)18-41-26-14-7-6-12-23(26)27(22)36-37-16-15-25(38)29(40-17-21-10-4-3-5-11-21)28(37)30(39)35-20(2)31(32,33)34;1-14-6-5-8-16-18(14)12-35-20-9-4-3-7-17(20)21(16)31-13-29(15(2)25(26,27)28)24(34)22-23(33)19(32)10-11-30(22)31;1-10(16(17,18)19)21-15(24)13-14(12(23)7-8-22(13)20)25-9-11-5-3-2-4-6-11/h3-16,21,28H,17-19H2,1-2H3;3-16,20,27,36H,17-18H2,1-2H3,(H,35,39);3-11,15,21,33H,12-13H2,1-2H3;2-8,10H,9,20H2,1H3,(H,21,24)/t21-,28+;20-,27?;15-,21+;10-/m1111/s1. The SMILES string of the molecule is C[C@@H](NC(=O)c1c(OCc2ccccc2)c(=O)ccn1N)C(F)(F)F.Cc1cccc2c1CSc1ccccc1C2Nn1ccc(=O)c(OCc2ccccc2)c1C(=O)N[C@H](C)C(F)(F)F.Cc1cccc2c1CSc1ccccc1[C@H]2N1CN([C@H](C)C(F)(F)F)C(=O)c2c(O)c(=O)ccn21.Cc1cccc2c1CSc1ccccc1[C@H]2N1CN([C@H](C)C(F)(F)F)C(=O)c2c(OCc3ccccc3)c(=O)ccn21. The van der Waals surface area contributed by atoms with Gasteiger partial charge >= 0.3 is 24.7 Å². The van der Waals surface area contributed by atoms with Crippen LogP contribution >= 0.6 is 35.3 Å². The minimum atomic E-state index is -4.69. The van der Waals surface area contributed by atoms with Crippen molar-refractivity contribution in [3.63, 3.8) is 0 Å². The lowest BCUT2D eigenvalue weighted by atomic mass is 9.92. The highest BCUT2D eigenvalue weighted by molar-refractivity contribution is 7.99. The number of nitrogens with one attached hydrogen (secondary N) is 3. The average molecular weight is 2030 g/mol.